The van der Waals surface area contributed by atoms with Crippen LogP contribution in [0.2, 0.25) is 0 Å². The third-order valence-corrected chi connectivity index (χ3v) is 7.29. The number of cyclic esters (lactones) is 1. The average molecular weight is 569 g/mol. The minimum Gasteiger partial charge on any atom is -0.493 e. The minimum absolute atomic E-state index is 0.0768. The van der Waals surface area contributed by atoms with Crippen LogP contribution in [0.3, 0.4) is 0 Å². The number of esters is 2. The fraction of sp³-hybridized carbons (Fsp3) is 0.379. The van der Waals surface area contributed by atoms with Crippen LogP contribution in [0.1, 0.15) is 22.8 Å². The summed E-state index contributed by atoms with van der Waals surface area (Å²) >= 11 is 0. The first kappa shape index (κ1) is 26.9. The SMILES string of the molecule is COc1cc2c(O[C@@H]3OC[C@@H](O)[C@H](OC)[C@H]3OC(C)=O)c3c(c(-c4ccc5c(c4)OCO5)c2cc1OC)C(=O)OC3. The molecular weight excluding hydrogens is 540 g/mol. The molecule has 0 aromatic heterocycles. The lowest BCUT2D eigenvalue weighted by Gasteiger charge is -2.39. The van der Waals surface area contributed by atoms with E-state index in [9.17, 15) is 14.7 Å². The van der Waals surface area contributed by atoms with Gasteiger partial charge in [0, 0.05) is 30.5 Å². The summed E-state index contributed by atoms with van der Waals surface area (Å²) in [7, 11) is 4.41. The molecule has 0 radical (unpaired) electrons. The van der Waals surface area contributed by atoms with Gasteiger partial charge in [-0.1, -0.05) is 6.07 Å². The molecule has 3 aliphatic heterocycles. The van der Waals surface area contributed by atoms with Gasteiger partial charge in [-0.2, -0.15) is 0 Å². The molecule has 1 saturated heterocycles. The van der Waals surface area contributed by atoms with Gasteiger partial charge in [0.15, 0.2) is 29.1 Å². The second-order valence-electron chi connectivity index (χ2n) is 9.62. The molecular formula is C29H28O12. The van der Waals surface area contributed by atoms with E-state index in [1.807, 2.05) is 6.07 Å². The van der Waals surface area contributed by atoms with Gasteiger partial charge in [-0.3, -0.25) is 4.79 Å². The van der Waals surface area contributed by atoms with Crippen molar-refractivity contribution >= 4 is 22.7 Å². The molecule has 216 valence electrons. The minimum atomic E-state index is -1.18. The van der Waals surface area contributed by atoms with Gasteiger partial charge in [-0.25, -0.2) is 4.79 Å². The molecule has 12 nitrogen and oxygen atoms in total. The predicted molar refractivity (Wildman–Crippen MR) is 140 cm³/mol. The Bertz CT molecular complexity index is 1530. The third-order valence-electron chi connectivity index (χ3n) is 7.29. The maximum Gasteiger partial charge on any atom is 0.339 e. The van der Waals surface area contributed by atoms with Gasteiger partial charge in [0.2, 0.25) is 13.1 Å². The molecule has 0 aliphatic carbocycles. The van der Waals surface area contributed by atoms with Gasteiger partial charge >= 0.3 is 11.9 Å². The Labute approximate surface area is 234 Å². The van der Waals surface area contributed by atoms with Crippen LogP contribution >= 0.6 is 0 Å². The summed E-state index contributed by atoms with van der Waals surface area (Å²) in [5.41, 5.74) is 2.02. The van der Waals surface area contributed by atoms with Gasteiger partial charge in [-0.05, 0) is 35.2 Å². The van der Waals surface area contributed by atoms with Crippen molar-refractivity contribution in [2.75, 3.05) is 34.7 Å². The number of benzene rings is 3. The highest BCUT2D eigenvalue weighted by molar-refractivity contribution is 6.14. The smallest absolute Gasteiger partial charge is 0.339 e. The fourth-order valence-electron chi connectivity index (χ4n) is 5.47. The number of carbonyl (C=O) groups excluding carboxylic acids is 2. The molecule has 12 heteroatoms. The van der Waals surface area contributed by atoms with E-state index >= 15 is 0 Å². The molecule has 0 saturated carbocycles. The highest BCUT2D eigenvalue weighted by Crippen LogP contribution is 2.49. The summed E-state index contributed by atoms with van der Waals surface area (Å²) in [4.78, 5) is 25.2. The summed E-state index contributed by atoms with van der Waals surface area (Å²) in [6.07, 6.45) is -4.27. The number of rotatable bonds is 7. The first-order valence-corrected chi connectivity index (χ1v) is 12.8. The van der Waals surface area contributed by atoms with E-state index in [4.69, 9.17) is 42.6 Å². The zero-order valence-corrected chi connectivity index (χ0v) is 22.8. The number of ether oxygens (including phenoxy) is 9. The van der Waals surface area contributed by atoms with Crippen LogP contribution in [-0.4, -0.2) is 76.4 Å². The lowest BCUT2D eigenvalue weighted by Crippen LogP contribution is -2.57. The summed E-state index contributed by atoms with van der Waals surface area (Å²) in [6.45, 7) is 1.12. The maximum atomic E-state index is 13.3. The Hall–Kier alpha value is -4.26. The van der Waals surface area contributed by atoms with Crippen molar-refractivity contribution in [2.24, 2.45) is 0 Å². The van der Waals surface area contributed by atoms with E-state index in [1.54, 1.807) is 24.3 Å². The lowest BCUT2D eigenvalue weighted by atomic mass is 9.89. The normalized spacial score (nSPS) is 22.7. The zero-order valence-electron chi connectivity index (χ0n) is 22.8. The second-order valence-corrected chi connectivity index (χ2v) is 9.62. The Balaban J connectivity index is 1.58. The monoisotopic (exact) mass is 568 g/mol. The van der Waals surface area contributed by atoms with Crippen LogP contribution in [0.15, 0.2) is 30.3 Å². The van der Waals surface area contributed by atoms with E-state index in [0.717, 1.165) is 0 Å². The molecule has 0 spiro atoms. The van der Waals surface area contributed by atoms with Gasteiger partial charge in [0.25, 0.3) is 0 Å². The molecule has 3 aromatic rings. The summed E-state index contributed by atoms with van der Waals surface area (Å²) < 4.78 is 50.9. The highest BCUT2D eigenvalue weighted by atomic mass is 16.7. The second kappa shape index (κ2) is 10.6. The molecule has 0 amide bonds. The van der Waals surface area contributed by atoms with Crippen molar-refractivity contribution in [1.29, 1.82) is 0 Å². The summed E-state index contributed by atoms with van der Waals surface area (Å²) in [5, 5.41) is 11.6. The van der Waals surface area contributed by atoms with Gasteiger partial charge < -0.3 is 47.7 Å². The van der Waals surface area contributed by atoms with E-state index in [1.165, 1.54) is 28.3 Å². The molecule has 3 aliphatic rings. The largest absolute Gasteiger partial charge is 0.493 e. The van der Waals surface area contributed by atoms with E-state index in [0.29, 0.717) is 56.0 Å². The van der Waals surface area contributed by atoms with E-state index in [-0.39, 0.29) is 25.8 Å². The third kappa shape index (κ3) is 4.53. The number of methoxy groups -OCH3 is 3. The quantitative estimate of drug-likeness (QED) is 0.420. The lowest BCUT2D eigenvalue weighted by molar-refractivity contribution is -0.255. The van der Waals surface area contributed by atoms with Crippen molar-refractivity contribution in [2.45, 2.75) is 38.1 Å². The number of aliphatic hydroxyl groups excluding tert-OH is 1. The molecule has 0 unspecified atom stereocenters. The molecule has 0 bridgehead atoms. The standard InChI is InChI=1S/C29H28O12/c1-13(30)40-27-26(35-4)18(31)11-37-29(27)41-25-16-9-21(34-3)20(33-2)8-15(16)23(24-17(25)10-36-28(24)32)14-5-6-19-22(7-14)39-12-38-19/h5-9,18,26-27,29,31H,10-12H2,1-4H3/t18-,26+,27-,29+/m1/s1. The van der Waals surface area contributed by atoms with Gasteiger partial charge in [0.05, 0.1) is 26.4 Å². The predicted octanol–water partition coefficient (Wildman–Crippen LogP) is 2.97. The van der Waals surface area contributed by atoms with Crippen LogP contribution in [0, 0.1) is 0 Å². The van der Waals surface area contributed by atoms with Crippen LogP contribution in [0.5, 0.6) is 28.7 Å². The van der Waals surface area contributed by atoms with Crippen molar-refractivity contribution < 1.29 is 57.3 Å². The number of hydrogen-bond acceptors (Lipinski definition) is 12. The molecule has 1 N–H and O–H groups in total. The maximum absolute atomic E-state index is 13.3. The number of hydrogen-bond donors (Lipinski definition) is 1. The summed E-state index contributed by atoms with van der Waals surface area (Å²) in [6, 6.07) is 8.88. The first-order valence-electron chi connectivity index (χ1n) is 12.8. The molecule has 4 atom stereocenters. The highest BCUT2D eigenvalue weighted by Gasteiger charge is 2.45. The van der Waals surface area contributed by atoms with Crippen LogP contribution in [0.4, 0.5) is 0 Å². The topological polar surface area (TPSA) is 137 Å². The Kier molecular flexibility index (Phi) is 6.98. The Morgan fingerprint density at radius 1 is 0.927 bits per heavy atom. The molecule has 3 heterocycles. The van der Waals surface area contributed by atoms with E-state index < -0.39 is 36.5 Å². The molecule has 1 fully saturated rings. The Morgan fingerprint density at radius 2 is 1.66 bits per heavy atom. The number of aliphatic hydroxyl groups is 1. The average Bonchev–Trinajstić information content (AvgIpc) is 3.59. The van der Waals surface area contributed by atoms with Crippen molar-refractivity contribution in [1.82, 2.24) is 0 Å². The molecule has 6 rings (SSSR count). The van der Waals surface area contributed by atoms with Crippen molar-refractivity contribution in [3.05, 3.63) is 41.5 Å². The molecule has 41 heavy (non-hydrogen) atoms. The summed E-state index contributed by atoms with van der Waals surface area (Å²) in [5.74, 6) is 1.09. The first-order chi connectivity index (χ1) is 19.8. The Morgan fingerprint density at radius 3 is 2.37 bits per heavy atom. The van der Waals surface area contributed by atoms with Gasteiger partial charge in [-0.15, -0.1) is 0 Å². The van der Waals surface area contributed by atoms with Gasteiger partial charge in [0.1, 0.15) is 24.6 Å². The van der Waals surface area contributed by atoms with Crippen molar-refractivity contribution in [3.8, 4) is 39.9 Å². The van der Waals surface area contributed by atoms with Crippen LogP contribution in [0.25, 0.3) is 21.9 Å². The van der Waals surface area contributed by atoms with Crippen LogP contribution in [-0.2, 0) is 30.3 Å². The molecule has 3 aromatic carbocycles. The van der Waals surface area contributed by atoms with E-state index in [2.05, 4.69) is 0 Å². The zero-order chi connectivity index (χ0) is 28.8. The number of fused-ring (bicyclic) bond motifs is 3. The number of carbonyl (C=O) groups is 2. The van der Waals surface area contributed by atoms with Crippen molar-refractivity contribution in [3.63, 3.8) is 0 Å². The van der Waals surface area contributed by atoms with Crippen LogP contribution < -0.4 is 23.7 Å². The fourth-order valence-corrected chi connectivity index (χ4v) is 5.47.